The van der Waals surface area contributed by atoms with Gasteiger partial charge in [-0.1, -0.05) is 52.9 Å². The highest BCUT2D eigenvalue weighted by Crippen LogP contribution is 2.54. The van der Waals surface area contributed by atoms with E-state index in [1.165, 1.54) is 74.1 Å². The molecule has 4 rings (SSSR count). The van der Waals surface area contributed by atoms with Gasteiger partial charge in [-0.15, -0.1) is 24.2 Å². The average Bonchev–Trinajstić information content (AvgIpc) is 3.35. The molecular formula is C31H48ClNO3S. The summed E-state index contributed by atoms with van der Waals surface area (Å²) in [6.07, 6.45) is 11.2. The summed E-state index contributed by atoms with van der Waals surface area (Å²) in [5.74, 6) is 3.49. The number of hydrogen-bond acceptors (Lipinski definition) is 5. The van der Waals surface area contributed by atoms with Crippen LogP contribution in [0.25, 0.3) is 5.57 Å². The predicted molar refractivity (Wildman–Crippen MR) is 159 cm³/mol. The highest BCUT2D eigenvalue weighted by atomic mass is 35.5. The van der Waals surface area contributed by atoms with Crippen molar-refractivity contribution in [1.29, 1.82) is 0 Å². The monoisotopic (exact) mass is 549 g/mol. The first-order chi connectivity index (χ1) is 17.3. The van der Waals surface area contributed by atoms with Crippen molar-refractivity contribution in [2.45, 2.75) is 110 Å². The summed E-state index contributed by atoms with van der Waals surface area (Å²) >= 11 is 1.89. The van der Waals surface area contributed by atoms with Crippen molar-refractivity contribution in [3.05, 3.63) is 28.2 Å². The van der Waals surface area contributed by atoms with Gasteiger partial charge in [-0.05, 0) is 94.3 Å². The molecule has 1 saturated heterocycles. The van der Waals surface area contributed by atoms with Crippen LogP contribution in [0.15, 0.2) is 17.0 Å². The summed E-state index contributed by atoms with van der Waals surface area (Å²) in [6.45, 7) is 14.6. The predicted octanol–water partition coefficient (Wildman–Crippen LogP) is 8.62. The average molecular weight is 550 g/mol. The molecule has 1 fully saturated rings. The first kappa shape index (κ1) is 30.4. The van der Waals surface area contributed by atoms with Gasteiger partial charge in [0.2, 0.25) is 0 Å². The quantitative estimate of drug-likeness (QED) is 0.157. The maximum Gasteiger partial charge on any atom is 0.311 e. The Hall–Kier alpha value is -1.17. The maximum absolute atomic E-state index is 13.0. The number of likely N-dealkylation sites (tertiary alicyclic amines) is 1. The van der Waals surface area contributed by atoms with Crippen LogP contribution >= 0.6 is 24.2 Å². The van der Waals surface area contributed by atoms with Crippen LogP contribution in [0.1, 0.15) is 116 Å². The number of hydrogen-bond donors (Lipinski definition) is 0. The van der Waals surface area contributed by atoms with Crippen molar-refractivity contribution in [2.75, 3.05) is 25.4 Å². The standard InChI is InChI=1S/C31H47NO3S.ClH/c1-6-7-9-13-22(2)23(3)24-20-26(34-28(33)14-12-18-32-16-10-8-11-17-32)29-25-15-19-36-30(25)31(4,5)35-27(29)21-24;/h20-23H,6-19H2,1-5H3;1H. The molecule has 208 valence electrons. The highest BCUT2D eigenvalue weighted by Gasteiger charge is 2.40. The van der Waals surface area contributed by atoms with E-state index in [1.807, 2.05) is 11.8 Å². The van der Waals surface area contributed by atoms with Crippen molar-refractivity contribution < 1.29 is 14.3 Å². The van der Waals surface area contributed by atoms with E-state index in [1.54, 1.807) is 0 Å². The Morgan fingerprint density at radius 3 is 2.62 bits per heavy atom. The molecule has 0 saturated carbocycles. The van der Waals surface area contributed by atoms with Crippen LogP contribution in [0.2, 0.25) is 0 Å². The van der Waals surface area contributed by atoms with Gasteiger partial charge in [0.15, 0.2) is 0 Å². The molecular weight excluding hydrogens is 502 g/mol. The molecule has 3 aliphatic rings. The molecule has 0 amide bonds. The fourth-order valence-corrected chi connectivity index (χ4v) is 7.26. The molecule has 3 heterocycles. The Bertz CT molecular complexity index is 954. The molecule has 0 bridgehead atoms. The molecule has 3 aliphatic heterocycles. The number of thioether (sulfide) groups is 1. The lowest BCUT2D eigenvalue weighted by Gasteiger charge is -2.35. The number of halogens is 1. The summed E-state index contributed by atoms with van der Waals surface area (Å²) in [6, 6.07) is 4.39. The van der Waals surface area contributed by atoms with Gasteiger partial charge in [-0.3, -0.25) is 4.79 Å². The molecule has 2 atom stereocenters. The van der Waals surface area contributed by atoms with E-state index >= 15 is 0 Å². The Labute approximate surface area is 235 Å². The smallest absolute Gasteiger partial charge is 0.311 e. The van der Waals surface area contributed by atoms with Crippen LogP contribution in [-0.4, -0.2) is 41.9 Å². The number of fused-ring (bicyclic) bond motifs is 2. The lowest BCUT2D eigenvalue weighted by molar-refractivity contribution is -0.134. The van der Waals surface area contributed by atoms with E-state index in [9.17, 15) is 4.79 Å². The van der Waals surface area contributed by atoms with Crippen LogP contribution in [0.5, 0.6) is 11.5 Å². The second kappa shape index (κ2) is 13.8. The molecule has 0 radical (unpaired) electrons. The fraction of sp³-hybridized carbons (Fsp3) is 0.710. The normalized spacial score (nSPS) is 20.4. The third-order valence-corrected chi connectivity index (χ3v) is 9.78. The van der Waals surface area contributed by atoms with Crippen molar-refractivity contribution in [3.63, 3.8) is 0 Å². The Balaban J connectivity index is 0.00000380. The van der Waals surface area contributed by atoms with E-state index in [-0.39, 0.29) is 24.0 Å². The second-order valence-electron chi connectivity index (χ2n) is 11.7. The molecule has 0 aliphatic carbocycles. The SMILES string of the molecule is CCCCCC(C)C(C)c1cc(OC(=O)CCCN2CCCCC2)c2c(c1)OC(C)(C)C1=C2CCS1.Cl. The number of benzene rings is 1. The number of carbonyl (C=O) groups is 1. The summed E-state index contributed by atoms with van der Waals surface area (Å²) in [5.41, 5.74) is 3.22. The van der Waals surface area contributed by atoms with E-state index in [4.69, 9.17) is 9.47 Å². The minimum absolute atomic E-state index is 0. The van der Waals surface area contributed by atoms with Crippen molar-refractivity contribution in [1.82, 2.24) is 4.90 Å². The molecule has 1 aromatic rings. The zero-order chi connectivity index (χ0) is 25.7. The van der Waals surface area contributed by atoms with Gasteiger partial charge in [0.05, 0.1) is 5.56 Å². The zero-order valence-corrected chi connectivity index (χ0v) is 25.3. The number of nitrogens with zero attached hydrogens (tertiary/aromatic N) is 1. The van der Waals surface area contributed by atoms with Crippen LogP contribution in [0.4, 0.5) is 0 Å². The Morgan fingerprint density at radius 2 is 1.89 bits per heavy atom. The molecule has 0 N–H and O–H groups in total. The lowest BCUT2D eigenvalue weighted by atomic mass is 9.83. The second-order valence-corrected chi connectivity index (χ2v) is 12.8. The molecule has 4 nitrogen and oxygen atoms in total. The van der Waals surface area contributed by atoms with E-state index in [0.717, 1.165) is 36.5 Å². The van der Waals surface area contributed by atoms with Crippen molar-refractivity contribution in [3.8, 4) is 11.5 Å². The molecule has 6 heteroatoms. The van der Waals surface area contributed by atoms with Gasteiger partial charge in [0, 0.05) is 17.1 Å². The van der Waals surface area contributed by atoms with Gasteiger partial charge in [-0.25, -0.2) is 0 Å². The van der Waals surface area contributed by atoms with Crippen LogP contribution in [0, 0.1) is 5.92 Å². The highest BCUT2D eigenvalue weighted by molar-refractivity contribution is 8.03. The summed E-state index contributed by atoms with van der Waals surface area (Å²) in [5, 5.41) is 0. The van der Waals surface area contributed by atoms with Gasteiger partial charge in [0.1, 0.15) is 17.1 Å². The minimum Gasteiger partial charge on any atom is -0.482 e. The number of piperidine rings is 1. The molecule has 0 aromatic heterocycles. The molecule has 0 spiro atoms. The van der Waals surface area contributed by atoms with E-state index < -0.39 is 0 Å². The number of rotatable bonds is 11. The number of unbranched alkanes of at least 4 members (excludes halogenated alkanes) is 2. The molecule has 1 aromatic carbocycles. The first-order valence-corrected chi connectivity index (χ1v) is 15.5. The topological polar surface area (TPSA) is 38.8 Å². The zero-order valence-electron chi connectivity index (χ0n) is 23.7. The number of ether oxygens (including phenoxy) is 2. The van der Waals surface area contributed by atoms with E-state index in [0.29, 0.717) is 24.0 Å². The summed E-state index contributed by atoms with van der Waals surface area (Å²) < 4.78 is 12.8. The number of allylic oxidation sites excluding steroid dienone is 1. The molecule has 2 unspecified atom stereocenters. The van der Waals surface area contributed by atoms with Gasteiger partial charge in [0.25, 0.3) is 0 Å². The molecule has 37 heavy (non-hydrogen) atoms. The third-order valence-electron chi connectivity index (χ3n) is 8.34. The summed E-state index contributed by atoms with van der Waals surface area (Å²) in [7, 11) is 0. The summed E-state index contributed by atoms with van der Waals surface area (Å²) in [4.78, 5) is 16.8. The number of carbonyl (C=O) groups excluding carboxylic acids is 1. The number of esters is 1. The van der Waals surface area contributed by atoms with Gasteiger partial charge in [-0.2, -0.15) is 0 Å². The Morgan fingerprint density at radius 1 is 1.14 bits per heavy atom. The van der Waals surface area contributed by atoms with Crippen LogP contribution in [-0.2, 0) is 4.79 Å². The van der Waals surface area contributed by atoms with E-state index in [2.05, 4.69) is 51.7 Å². The van der Waals surface area contributed by atoms with Gasteiger partial charge >= 0.3 is 5.97 Å². The third kappa shape index (κ3) is 7.48. The van der Waals surface area contributed by atoms with Crippen molar-refractivity contribution in [2.24, 2.45) is 5.92 Å². The Kier molecular flexibility index (Phi) is 11.3. The van der Waals surface area contributed by atoms with Gasteiger partial charge < -0.3 is 14.4 Å². The largest absolute Gasteiger partial charge is 0.482 e. The van der Waals surface area contributed by atoms with Crippen molar-refractivity contribution >= 4 is 35.7 Å². The van der Waals surface area contributed by atoms with Crippen LogP contribution < -0.4 is 9.47 Å². The lowest BCUT2D eigenvalue weighted by Crippen LogP contribution is -2.33. The van der Waals surface area contributed by atoms with Crippen LogP contribution in [0.3, 0.4) is 0 Å². The maximum atomic E-state index is 13.0. The fourth-order valence-electron chi connectivity index (χ4n) is 5.98. The first-order valence-electron chi connectivity index (χ1n) is 14.5. The minimum atomic E-state index is -0.339.